The van der Waals surface area contributed by atoms with Crippen molar-refractivity contribution >= 4 is 17.2 Å². The van der Waals surface area contributed by atoms with Gasteiger partial charge in [0.15, 0.2) is 0 Å². The highest BCUT2D eigenvalue weighted by Crippen LogP contribution is 2.25. The molecule has 2 aromatic heterocycles. The maximum Gasteiger partial charge on any atom is 0.135 e. The summed E-state index contributed by atoms with van der Waals surface area (Å²) in [5.74, 6) is 0.581. The Morgan fingerprint density at radius 3 is 2.29 bits per heavy atom. The number of rotatable bonds is 1. The van der Waals surface area contributed by atoms with E-state index in [0.29, 0.717) is 5.82 Å². The molecule has 0 radical (unpaired) electrons. The Morgan fingerprint density at radius 2 is 1.79 bits per heavy atom. The topological polar surface area (TPSA) is 51.8 Å². The standard InChI is InChI=1S/C10H11N3S/c1-6-3-8(4-7(2)12-6)10-13-9(11)5-14-10/h3-5H,11H2,1-2H3. The van der Waals surface area contributed by atoms with Crippen molar-refractivity contribution in [2.75, 3.05) is 5.73 Å². The fourth-order valence-corrected chi connectivity index (χ4v) is 2.07. The van der Waals surface area contributed by atoms with Crippen LogP contribution in [-0.4, -0.2) is 9.97 Å². The summed E-state index contributed by atoms with van der Waals surface area (Å²) in [7, 11) is 0. The average molecular weight is 205 g/mol. The number of nitrogens with two attached hydrogens (primary N) is 1. The van der Waals surface area contributed by atoms with Gasteiger partial charge in [0.2, 0.25) is 0 Å². The second kappa shape index (κ2) is 3.38. The number of thiazole rings is 1. The van der Waals surface area contributed by atoms with E-state index in [0.717, 1.165) is 22.0 Å². The predicted molar refractivity (Wildman–Crippen MR) is 59.2 cm³/mol. The lowest BCUT2D eigenvalue weighted by atomic mass is 10.2. The molecule has 14 heavy (non-hydrogen) atoms. The van der Waals surface area contributed by atoms with E-state index in [1.807, 2.05) is 31.4 Å². The minimum absolute atomic E-state index is 0.581. The number of anilines is 1. The van der Waals surface area contributed by atoms with Gasteiger partial charge in [0.1, 0.15) is 10.8 Å². The van der Waals surface area contributed by atoms with Crippen LogP contribution in [-0.2, 0) is 0 Å². The third kappa shape index (κ3) is 1.75. The first-order chi connectivity index (χ1) is 6.65. The summed E-state index contributed by atoms with van der Waals surface area (Å²) < 4.78 is 0. The van der Waals surface area contributed by atoms with Gasteiger partial charge in [0.25, 0.3) is 0 Å². The smallest absolute Gasteiger partial charge is 0.135 e. The van der Waals surface area contributed by atoms with Gasteiger partial charge in [-0.15, -0.1) is 11.3 Å². The van der Waals surface area contributed by atoms with Crippen molar-refractivity contribution in [3.63, 3.8) is 0 Å². The molecule has 72 valence electrons. The molecule has 2 rings (SSSR count). The first kappa shape index (κ1) is 9.15. The monoisotopic (exact) mass is 205 g/mol. The van der Waals surface area contributed by atoms with Crippen LogP contribution in [0.3, 0.4) is 0 Å². The van der Waals surface area contributed by atoms with Gasteiger partial charge >= 0.3 is 0 Å². The van der Waals surface area contributed by atoms with Crippen LogP contribution in [0.2, 0.25) is 0 Å². The van der Waals surface area contributed by atoms with Crippen LogP contribution in [0.25, 0.3) is 10.6 Å². The number of nitrogens with zero attached hydrogens (tertiary/aromatic N) is 2. The second-order valence-corrected chi connectivity index (χ2v) is 4.07. The molecule has 0 bridgehead atoms. The fourth-order valence-electron chi connectivity index (χ4n) is 1.38. The summed E-state index contributed by atoms with van der Waals surface area (Å²) in [6.07, 6.45) is 0. The van der Waals surface area contributed by atoms with Gasteiger partial charge in [-0.05, 0) is 26.0 Å². The summed E-state index contributed by atoms with van der Waals surface area (Å²) >= 11 is 1.56. The number of aryl methyl sites for hydroxylation is 2. The van der Waals surface area contributed by atoms with Crippen LogP contribution >= 0.6 is 11.3 Å². The van der Waals surface area contributed by atoms with Gasteiger partial charge in [-0.1, -0.05) is 0 Å². The highest BCUT2D eigenvalue weighted by atomic mass is 32.1. The molecule has 3 nitrogen and oxygen atoms in total. The summed E-state index contributed by atoms with van der Waals surface area (Å²) in [4.78, 5) is 8.54. The maximum absolute atomic E-state index is 5.58. The van der Waals surface area contributed by atoms with Gasteiger partial charge < -0.3 is 5.73 Å². The lowest BCUT2D eigenvalue weighted by Crippen LogP contribution is -1.88. The number of aromatic nitrogens is 2. The largest absolute Gasteiger partial charge is 0.383 e. The van der Waals surface area contributed by atoms with Crippen LogP contribution in [0.15, 0.2) is 17.5 Å². The van der Waals surface area contributed by atoms with E-state index in [1.165, 1.54) is 0 Å². The lowest BCUT2D eigenvalue weighted by Gasteiger charge is -2.00. The molecule has 0 saturated heterocycles. The Bertz CT molecular complexity index is 442. The number of hydrogen-bond donors (Lipinski definition) is 1. The molecule has 0 aliphatic carbocycles. The van der Waals surface area contributed by atoms with Gasteiger partial charge in [0, 0.05) is 22.3 Å². The first-order valence-corrected chi connectivity index (χ1v) is 5.20. The van der Waals surface area contributed by atoms with Gasteiger partial charge in [-0.2, -0.15) is 0 Å². The van der Waals surface area contributed by atoms with Gasteiger partial charge in [-0.3, -0.25) is 4.98 Å². The van der Waals surface area contributed by atoms with E-state index < -0.39 is 0 Å². The molecule has 0 aromatic carbocycles. The molecule has 0 aliphatic heterocycles. The van der Waals surface area contributed by atoms with Crippen molar-refractivity contribution in [3.05, 3.63) is 28.9 Å². The summed E-state index contributed by atoms with van der Waals surface area (Å²) in [5, 5.41) is 2.80. The molecular formula is C10H11N3S. The van der Waals surface area contributed by atoms with E-state index >= 15 is 0 Å². The molecule has 2 N–H and O–H groups in total. The second-order valence-electron chi connectivity index (χ2n) is 3.22. The Labute approximate surface area is 86.6 Å². The summed E-state index contributed by atoms with van der Waals surface area (Å²) in [6, 6.07) is 4.04. The third-order valence-electron chi connectivity index (χ3n) is 1.85. The van der Waals surface area contributed by atoms with Gasteiger partial charge in [0.05, 0.1) is 0 Å². The minimum atomic E-state index is 0.581. The molecule has 2 aromatic rings. The normalized spacial score (nSPS) is 10.4. The zero-order chi connectivity index (χ0) is 10.1. The van der Waals surface area contributed by atoms with Crippen molar-refractivity contribution in [1.29, 1.82) is 0 Å². The first-order valence-electron chi connectivity index (χ1n) is 4.32. The van der Waals surface area contributed by atoms with E-state index in [9.17, 15) is 0 Å². The Morgan fingerprint density at radius 1 is 1.14 bits per heavy atom. The number of pyridine rings is 1. The van der Waals surface area contributed by atoms with Crippen molar-refractivity contribution in [3.8, 4) is 10.6 Å². The average Bonchev–Trinajstić information content (AvgIpc) is 2.50. The Balaban J connectivity index is 2.51. The van der Waals surface area contributed by atoms with Crippen LogP contribution in [0, 0.1) is 13.8 Å². The number of hydrogen-bond acceptors (Lipinski definition) is 4. The van der Waals surface area contributed by atoms with Crippen molar-refractivity contribution in [1.82, 2.24) is 9.97 Å². The quantitative estimate of drug-likeness (QED) is 0.777. The molecule has 0 saturated carbocycles. The molecular weight excluding hydrogens is 194 g/mol. The van der Waals surface area contributed by atoms with Crippen LogP contribution in [0.5, 0.6) is 0 Å². The van der Waals surface area contributed by atoms with Crippen molar-refractivity contribution < 1.29 is 0 Å². The molecule has 4 heteroatoms. The number of nitrogen functional groups attached to an aromatic ring is 1. The molecule has 0 unspecified atom stereocenters. The summed E-state index contributed by atoms with van der Waals surface area (Å²) in [5.41, 5.74) is 8.69. The lowest BCUT2D eigenvalue weighted by molar-refractivity contribution is 1.12. The minimum Gasteiger partial charge on any atom is -0.383 e. The third-order valence-corrected chi connectivity index (χ3v) is 2.76. The molecule has 0 fully saturated rings. The van der Waals surface area contributed by atoms with Gasteiger partial charge in [-0.25, -0.2) is 4.98 Å². The SMILES string of the molecule is Cc1cc(-c2nc(N)cs2)cc(C)n1. The van der Waals surface area contributed by atoms with Crippen molar-refractivity contribution in [2.45, 2.75) is 13.8 Å². The predicted octanol–water partition coefficient (Wildman–Crippen LogP) is 2.40. The highest BCUT2D eigenvalue weighted by molar-refractivity contribution is 7.13. The molecule has 0 spiro atoms. The molecule has 2 heterocycles. The van der Waals surface area contributed by atoms with E-state index in [-0.39, 0.29) is 0 Å². The zero-order valence-corrected chi connectivity index (χ0v) is 8.93. The van der Waals surface area contributed by atoms with E-state index in [1.54, 1.807) is 11.3 Å². The Hall–Kier alpha value is -1.42. The maximum atomic E-state index is 5.58. The van der Waals surface area contributed by atoms with Crippen LogP contribution in [0.4, 0.5) is 5.82 Å². The van der Waals surface area contributed by atoms with E-state index in [4.69, 9.17) is 5.73 Å². The molecule has 0 atom stereocenters. The summed E-state index contributed by atoms with van der Waals surface area (Å²) in [6.45, 7) is 3.96. The van der Waals surface area contributed by atoms with Crippen LogP contribution < -0.4 is 5.73 Å². The molecule has 0 amide bonds. The van der Waals surface area contributed by atoms with Crippen molar-refractivity contribution in [2.24, 2.45) is 0 Å². The van der Waals surface area contributed by atoms with E-state index in [2.05, 4.69) is 9.97 Å². The Kier molecular flexibility index (Phi) is 2.21. The fraction of sp³-hybridized carbons (Fsp3) is 0.200. The molecule has 0 aliphatic rings. The zero-order valence-electron chi connectivity index (χ0n) is 8.11. The highest BCUT2D eigenvalue weighted by Gasteiger charge is 2.04. The van der Waals surface area contributed by atoms with Crippen LogP contribution in [0.1, 0.15) is 11.4 Å².